The van der Waals surface area contributed by atoms with Gasteiger partial charge in [-0.05, 0) is 30.5 Å². The maximum atomic E-state index is 11.8. The van der Waals surface area contributed by atoms with E-state index in [1.165, 1.54) is 5.56 Å². The van der Waals surface area contributed by atoms with Gasteiger partial charge in [-0.1, -0.05) is 17.3 Å². The summed E-state index contributed by atoms with van der Waals surface area (Å²) >= 11 is 0. The zero-order chi connectivity index (χ0) is 19.4. The molecule has 0 aliphatic carbocycles. The lowest BCUT2D eigenvalue weighted by Gasteiger charge is -2.31. The van der Waals surface area contributed by atoms with Crippen molar-refractivity contribution in [3.63, 3.8) is 0 Å². The second-order valence-electron chi connectivity index (χ2n) is 7.60. The number of nitrogens with one attached hydrogen (secondary N) is 1. The molecule has 3 heterocycles. The van der Waals surface area contributed by atoms with Gasteiger partial charge in [0.05, 0.1) is 43.9 Å². The van der Waals surface area contributed by atoms with Crippen molar-refractivity contribution in [1.82, 2.24) is 25.2 Å². The Hall–Kier alpha value is -2.29. The molecule has 2 aliphatic heterocycles. The van der Waals surface area contributed by atoms with Gasteiger partial charge in [-0.2, -0.15) is 0 Å². The summed E-state index contributed by atoms with van der Waals surface area (Å²) in [5.41, 5.74) is 1.84. The van der Waals surface area contributed by atoms with Crippen LogP contribution in [-0.2, 0) is 20.8 Å². The van der Waals surface area contributed by atoms with Crippen LogP contribution in [0.25, 0.3) is 5.69 Å². The molecule has 2 fully saturated rings. The number of aromatic nitrogens is 3. The lowest BCUT2D eigenvalue weighted by molar-refractivity contribution is -0.133. The molecule has 0 radical (unpaired) electrons. The summed E-state index contributed by atoms with van der Waals surface area (Å²) in [7, 11) is 0. The Labute approximate surface area is 164 Å². The molecule has 0 saturated carbocycles. The van der Waals surface area contributed by atoms with Gasteiger partial charge >= 0.3 is 0 Å². The summed E-state index contributed by atoms with van der Waals surface area (Å²) in [5.74, 6) is 0.0874. The van der Waals surface area contributed by atoms with E-state index in [1.54, 1.807) is 17.8 Å². The maximum absolute atomic E-state index is 11.8. The molecule has 28 heavy (non-hydrogen) atoms. The summed E-state index contributed by atoms with van der Waals surface area (Å²) in [6, 6.07) is 8.24. The largest absolute Gasteiger partial charge is 0.377 e. The normalized spacial score (nSPS) is 25.2. The van der Waals surface area contributed by atoms with E-state index in [0.717, 1.165) is 31.6 Å². The van der Waals surface area contributed by atoms with E-state index >= 15 is 0 Å². The third kappa shape index (κ3) is 4.40. The maximum Gasteiger partial charge on any atom is 0.219 e. The second kappa shape index (κ2) is 8.38. The quantitative estimate of drug-likeness (QED) is 0.832. The Morgan fingerprint density at radius 1 is 1.36 bits per heavy atom. The molecule has 2 atom stereocenters. The van der Waals surface area contributed by atoms with Gasteiger partial charge in [0.2, 0.25) is 5.91 Å². The van der Waals surface area contributed by atoms with E-state index in [0.29, 0.717) is 26.3 Å². The molecule has 8 nitrogen and oxygen atoms in total. The number of carbonyl (C=O) groups is 1. The number of hydrogen-bond acceptors (Lipinski definition) is 6. The predicted octanol–water partition coefficient (Wildman–Crippen LogP) is 1.15. The molecule has 0 unspecified atom stereocenters. The number of hydrogen-bond donors (Lipinski definition) is 1. The van der Waals surface area contributed by atoms with Crippen LogP contribution in [0.5, 0.6) is 0 Å². The Bertz CT molecular complexity index is 780. The summed E-state index contributed by atoms with van der Waals surface area (Å²) in [6.45, 7) is 5.60. The average Bonchev–Trinajstić information content (AvgIpc) is 3.30. The molecular weight excluding hydrogens is 358 g/mol. The number of ether oxygens (including phenoxy) is 2. The number of nitrogens with zero attached hydrogens (tertiary/aromatic N) is 4. The van der Waals surface area contributed by atoms with Crippen LogP contribution in [0, 0.1) is 0 Å². The van der Waals surface area contributed by atoms with Crippen LogP contribution in [0.3, 0.4) is 0 Å². The van der Waals surface area contributed by atoms with Crippen LogP contribution >= 0.6 is 0 Å². The monoisotopic (exact) mass is 385 g/mol. The zero-order valence-electron chi connectivity index (χ0n) is 16.2. The third-order valence-electron chi connectivity index (χ3n) is 5.46. The predicted molar refractivity (Wildman–Crippen MR) is 103 cm³/mol. The van der Waals surface area contributed by atoms with Gasteiger partial charge < -0.3 is 19.7 Å². The average molecular weight is 385 g/mol. The summed E-state index contributed by atoms with van der Waals surface area (Å²) in [4.78, 5) is 13.6. The Morgan fingerprint density at radius 3 is 2.96 bits per heavy atom. The van der Waals surface area contributed by atoms with E-state index in [2.05, 4.69) is 27.8 Å². The summed E-state index contributed by atoms with van der Waals surface area (Å²) < 4.78 is 13.8. The number of amides is 1. The van der Waals surface area contributed by atoms with Crippen molar-refractivity contribution in [3.8, 4) is 5.69 Å². The molecule has 1 spiro atoms. The van der Waals surface area contributed by atoms with Crippen LogP contribution in [0.4, 0.5) is 0 Å². The van der Waals surface area contributed by atoms with E-state index in [9.17, 15) is 4.79 Å². The van der Waals surface area contributed by atoms with Gasteiger partial charge in [-0.3, -0.25) is 4.79 Å². The molecule has 1 aromatic carbocycles. The first-order valence-electron chi connectivity index (χ1n) is 9.81. The van der Waals surface area contributed by atoms with Crippen LogP contribution < -0.4 is 5.32 Å². The van der Waals surface area contributed by atoms with Gasteiger partial charge in [-0.25, -0.2) is 4.68 Å². The minimum Gasteiger partial charge on any atom is -0.377 e. The fourth-order valence-electron chi connectivity index (χ4n) is 3.93. The number of rotatable bonds is 5. The lowest BCUT2D eigenvalue weighted by Crippen LogP contribution is -2.46. The van der Waals surface area contributed by atoms with Crippen molar-refractivity contribution in [2.24, 2.45) is 0 Å². The standard InChI is InChI=1S/C20H27N5O3/c1-16(26)24-10-11-27-15-20(14-24)7-6-19(28-20)13-21-12-17-2-4-18(5-3-17)25-9-8-22-23-25/h2-5,8-9,19,21H,6-7,10-15H2,1H3/t19-,20+/m0/s1. The lowest BCUT2D eigenvalue weighted by atomic mass is 10.00. The Kier molecular flexibility index (Phi) is 5.70. The molecule has 150 valence electrons. The minimum atomic E-state index is -0.353. The van der Waals surface area contributed by atoms with Crippen LogP contribution in [0.15, 0.2) is 36.7 Å². The molecule has 8 heteroatoms. The van der Waals surface area contributed by atoms with Gasteiger partial charge in [0, 0.05) is 26.6 Å². The van der Waals surface area contributed by atoms with Crippen LogP contribution in [0.2, 0.25) is 0 Å². The van der Waals surface area contributed by atoms with Gasteiger partial charge in [0.1, 0.15) is 5.60 Å². The molecular formula is C20H27N5O3. The van der Waals surface area contributed by atoms with E-state index in [4.69, 9.17) is 9.47 Å². The molecule has 1 N–H and O–H groups in total. The van der Waals surface area contributed by atoms with Crippen molar-refractivity contribution in [2.45, 2.75) is 38.0 Å². The highest BCUT2D eigenvalue weighted by molar-refractivity contribution is 5.73. The Balaban J connectivity index is 1.26. The molecule has 4 rings (SSSR count). The van der Waals surface area contributed by atoms with E-state index in [-0.39, 0.29) is 17.6 Å². The molecule has 1 amide bonds. The van der Waals surface area contributed by atoms with E-state index in [1.807, 2.05) is 23.2 Å². The van der Waals surface area contributed by atoms with Crippen molar-refractivity contribution in [1.29, 1.82) is 0 Å². The first-order chi connectivity index (χ1) is 13.6. The molecule has 0 bridgehead atoms. The second-order valence-corrected chi connectivity index (χ2v) is 7.60. The van der Waals surface area contributed by atoms with Crippen molar-refractivity contribution >= 4 is 5.91 Å². The van der Waals surface area contributed by atoms with Crippen molar-refractivity contribution in [2.75, 3.05) is 32.8 Å². The Morgan fingerprint density at radius 2 is 2.21 bits per heavy atom. The molecule has 2 saturated heterocycles. The van der Waals surface area contributed by atoms with Gasteiger partial charge in [0.25, 0.3) is 0 Å². The first kappa shape index (κ1) is 19.0. The van der Waals surface area contributed by atoms with Crippen molar-refractivity contribution in [3.05, 3.63) is 42.2 Å². The zero-order valence-corrected chi connectivity index (χ0v) is 16.2. The van der Waals surface area contributed by atoms with Gasteiger partial charge in [0.15, 0.2) is 0 Å². The third-order valence-corrected chi connectivity index (χ3v) is 5.46. The topological polar surface area (TPSA) is 81.5 Å². The van der Waals surface area contributed by atoms with Crippen LogP contribution in [-0.4, -0.2) is 70.4 Å². The highest BCUT2D eigenvalue weighted by Gasteiger charge is 2.43. The van der Waals surface area contributed by atoms with E-state index < -0.39 is 0 Å². The van der Waals surface area contributed by atoms with Crippen molar-refractivity contribution < 1.29 is 14.3 Å². The minimum absolute atomic E-state index is 0.0874. The highest BCUT2D eigenvalue weighted by Crippen LogP contribution is 2.32. The fraction of sp³-hybridized carbons (Fsp3) is 0.550. The molecule has 2 aromatic rings. The first-order valence-corrected chi connectivity index (χ1v) is 9.81. The smallest absolute Gasteiger partial charge is 0.219 e. The highest BCUT2D eigenvalue weighted by atomic mass is 16.6. The SMILES string of the molecule is CC(=O)N1CCOC[C@@]2(CC[C@@H](CNCc3ccc(-n4ccnn4)cc3)O2)C1. The fourth-order valence-corrected chi connectivity index (χ4v) is 3.93. The molecule has 1 aromatic heterocycles. The summed E-state index contributed by atoms with van der Waals surface area (Å²) in [6.07, 6.45) is 5.54. The number of benzene rings is 1. The molecule has 2 aliphatic rings. The number of carbonyl (C=O) groups excluding carboxylic acids is 1. The summed E-state index contributed by atoms with van der Waals surface area (Å²) in [5, 5.41) is 11.3. The van der Waals surface area contributed by atoms with Crippen LogP contribution in [0.1, 0.15) is 25.3 Å². The van der Waals surface area contributed by atoms with Gasteiger partial charge in [-0.15, -0.1) is 5.10 Å².